The number of halogens is 2. The number of ether oxygens (including phenoxy) is 1. The third kappa shape index (κ3) is 5.06. The molecule has 0 spiro atoms. The van der Waals surface area contributed by atoms with Gasteiger partial charge in [0.25, 0.3) is 6.43 Å². The Morgan fingerprint density at radius 1 is 1.12 bits per heavy atom. The summed E-state index contributed by atoms with van der Waals surface area (Å²) >= 11 is 0. The first-order chi connectivity index (χ1) is 16.4. The summed E-state index contributed by atoms with van der Waals surface area (Å²) in [6.45, 7) is 9.19. The van der Waals surface area contributed by atoms with E-state index in [1.54, 1.807) is 12.1 Å². The van der Waals surface area contributed by atoms with Crippen LogP contribution in [0.15, 0.2) is 36.2 Å². The first-order valence-electron chi connectivity index (χ1n) is 12.8. The van der Waals surface area contributed by atoms with Crippen molar-refractivity contribution in [3.05, 3.63) is 58.9 Å². The van der Waals surface area contributed by atoms with Gasteiger partial charge in [-0.2, -0.15) is 0 Å². The van der Waals surface area contributed by atoms with Gasteiger partial charge in [-0.1, -0.05) is 32.3 Å². The standard InChI is InChI=1S/C28H37F2N3O/c1-4-33-26(20-12-8-9-13-20)16-22(27(33)17-23(31)18(3)34-5-2)25-15-21(28(29)30)14-24(32-25)19-10-6-7-11-19/h14-17,19-20,28H,3-13,31H2,1-2H3/b23-17-. The van der Waals surface area contributed by atoms with Gasteiger partial charge in [0.05, 0.1) is 23.7 Å². The van der Waals surface area contributed by atoms with Gasteiger partial charge in [0.2, 0.25) is 0 Å². The Kier molecular flexibility index (Phi) is 7.74. The first-order valence-corrected chi connectivity index (χ1v) is 12.8. The number of rotatable bonds is 9. The Bertz CT molecular complexity index is 1040. The summed E-state index contributed by atoms with van der Waals surface area (Å²) in [6.07, 6.45) is 8.34. The predicted molar refractivity (Wildman–Crippen MR) is 134 cm³/mol. The number of pyridine rings is 1. The van der Waals surface area contributed by atoms with E-state index in [2.05, 4.69) is 24.1 Å². The van der Waals surface area contributed by atoms with E-state index in [4.69, 9.17) is 15.5 Å². The van der Waals surface area contributed by atoms with Crippen molar-refractivity contribution in [2.45, 2.75) is 90.0 Å². The highest BCUT2D eigenvalue weighted by Crippen LogP contribution is 2.41. The van der Waals surface area contributed by atoms with Crippen molar-refractivity contribution >= 4 is 6.08 Å². The molecule has 2 aromatic heterocycles. The van der Waals surface area contributed by atoms with E-state index in [9.17, 15) is 8.78 Å². The van der Waals surface area contributed by atoms with E-state index in [1.807, 2.05) is 13.0 Å². The number of aromatic nitrogens is 2. The molecule has 2 aromatic rings. The summed E-state index contributed by atoms with van der Waals surface area (Å²) in [5.74, 6) is 1.13. The Morgan fingerprint density at radius 3 is 2.35 bits per heavy atom. The SMILES string of the molecule is C=C(OCC)/C(N)=C/c1c(-c2cc(C(F)F)cc(C3CCCC3)n2)cc(C2CCCC2)n1CC. The number of hydrogen-bond donors (Lipinski definition) is 1. The summed E-state index contributed by atoms with van der Waals surface area (Å²) in [5, 5.41) is 0. The summed E-state index contributed by atoms with van der Waals surface area (Å²) in [5.41, 5.74) is 11.2. The Hall–Kier alpha value is -2.63. The van der Waals surface area contributed by atoms with Gasteiger partial charge in [-0.25, -0.2) is 8.78 Å². The molecule has 0 saturated heterocycles. The van der Waals surface area contributed by atoms with Crippen LogP contribution in [0.1, 0.15) is 106 Å². The molecule has 4 nitrogen and oxygen atoms in total. The zero-order valence-electron chi connectivity index (χ0n) is 20.5. The fourth-order valence-corrected chi connectivity index (χ4v) is 5.61. The van der Waals surface area contributed by atoms with Gasteiger partial charge in [-0.05, 0) is 69.7 Å². The van der Waals surface area contributed by atoms with E-state index < -0.39 is 6.43 Å². The van der Waals surface area contributed by atoms with Crippen molar-refractivity contribution in [1.82, 2.24) is 9.55 Å². The van der Waals surface area contributed by atoms with Crippen LogP contribution in [0.25, 0.3) is 17.3 Å². The minimum absolute atomic E-state index is 0.0418. The van der Waals surface area contributed by atoms with Crippen LogP contribution in [0.5, 0.6) is 0 Å². The lowest BCUT2D eigenvalue weighted by Gasteiger charge is -2.16. The summed E-state index contributed by atoms with van der Waals surface area (Å²) < 4.78 is 35.7. The van der Waals surface area contributed by atoms with Gasteiger partial charge in [0, 0.05) is 35.0 Å². The van der Waals surface area contributed by atoms with Crippen LogP contribution in [0.4, 0.5) is 8.78 Å². The van der Waals surface area contributed by atoms with E-state index in [1.165, 1.54) is 18.5 Å². The monoisotopic (exact) mass is 469 g/mol. The van der Waals surface area contributed by atoms with Crippen LogP contribution >= 0.6 is 0 Å². The van der Waals surface area contributed by atoms with Crippen molar-refractivity contribution in [1.29, 1.82) is 0 Å². The zero-order valence-corrected chi connectivity index (χ0v) is 20.5. The van der Waals surface area contributed by atoms with Crippen LogP contribution in [0.2, 0.25) is 0 Å². The molecule has 2 heterocycles. The first kappa shape index (κ1) is 24.5. The topological polar surface area (TPSA) is 53.1 Å². The van der Waals surface area contributed by atoms with Crippen LogP contribution in [0.3, 0.4) is 0 Å². The fourth-order valence-electron chi connectivity index (χ4n) is 5.61. The quantitative estimate of drug-likeness (QED) is 0.303. The Balaban J connectivity index is 1.89. The minimum atomic E-state index is -2.54. The molecule has 2 N–H and O–H groups in total. The average molecular weight is 470 g/mol. The molecule has 0 aromatic carbocycles. The minimum Gasteiger partial charge on any atom is -0.492 e. The lowest BCUT2D eigenvalue weighted by atomic mass is 9.99. The van der Waals surface area contributed by atoms with Crippen molar-refractivity contribution in [3.63, 3.8) is 0 Å². The van der Waals surface area contributed by atoms with Crippen molar-refractivity contribution < 1.29 is 13.5 Å². The molecule has 2 saturated carbocycles. The fraction of sp³-hybridized carbons (Fsp3) is 0.536. The van der Waals surface area contributed by atoms with Gasteiger partial charge >= 0.3 is 0 Å². The van der Waals surface area contributed by atoms with E-state index in [0.29, 0.717) is 29.7 Å². The van der Waals surface area contributed by atoms with Crippen molar-refractivity contribution in [2.24, 2.45) is 5.73 Å². The molecule has 0 atom stereocenters. The molecule has 2 fully saturated rings. The number of hydrogen-bond acceptors (Lipinski definition) is 3. The second kappa shape index (κ2) is 10.7. The second-order valence-corrected chi connectivity index (χ2v) is 9.54. The highest BCUT2D eigenvalue weighted by atomic mass is 19.3. The Labute approximate surface area is 201 Å². The van der Waals surface area contributed by atoms with Gasteiger partial charge in [-0.3, -0.25) is 4.98 Å². The molecule has 34 heavy (non-hydrogen) atoms. The lowest BCUT2D eigenvalue weighted by molar-refractivity contribution is 0.151. The predicted octanol–water partition coefficient (Wildman–Crippen LogP) is 7.67. The molecule has 6 heteroatoms. The molecule has 0 unspecified atom stereocenters. The van der Waals surface area contributed by atoms with Crippen LogP contribution in [-0.4, -0.2) is 16.2 Å². The smallest absolute Gasteiger partial charge is 0.263 e. The zero-order chi connectivity index (χ0) is 24.2. The van der Waals surface area contributed by atoms with Crippen molar-refractivity contribution in [2.75, 3.05) is 6.61 Å². The molecule has 2 aliphatic carbocycles. The van der Waals surface area contributed by atoms with Gasteiger partial charge in [-0.15, -0.1) is 0 Å². The average Bonchev–Trinajstić information content (AvgIpc) is 3.59. The molecule has 4 rings (SSSR count). The molecule has 0 amide bonds. The van der Waals surface area contributed by atoms with Gasteiger partial charge in [0.15, 0.2) is 0 Å². The van der Waals surface area contributed by atoms with E-state index >= 15 is 0 Å². The van der Waals surface area contributed by atoms with E-state index in [-0.39, 0.29) is 11.5 Å². The number of alkyl halides is 2. The maximum Gasteiger partial charge on any atom is 0.263 e. The third-order valence-electron chi connectivity index (χ3n) is 7.36. The molecule has 2 aliphatic rings. The Morgan fingerprint density at radius 2 is 1.76 bits per heavy atom. The molecule has 0 aliphatic heterocycles. The summed E-state index contributed by atoms with van der Waals surface area (Å²) in [4.78, 5) is 4.96. The van der Waals surface area contributed by atoms with Crippen LogP contribution in [0, 0.1) is 0 Å². The molecule has 184 valence electrons. The third-order valence-corrected chi connectivity index (χ3v) is 7.36. The highest BCUT2D eigenvalue weighted by Gasteiger charge is 2.27. The lowest BCUT2D eigenvalue weighted by Crippen LogP contribution is -2.09. The number of nitrogens with two attached hydrogens (primary N) is 1. The maximum absolute atomic E-state index is 13.9. The summed E-state index contributed by atoms with van der Waals surface area (Å²) in [6, 6.07) is 5.33. The molecule has 0 bridgehead atoms. The largest absolute Gasteiger partial charge is 0.492 e. The van der Waals surface area contributed by atoms with Crippen molar-refractivity contribution in [3.8, 4) is 11.3 Å². The molecule has 0 radical (unpaired) electrons. The van der Waals surface area contributed by atoms with E-state index in [0.717, 1.165) is 62.0 Å². The van der Waals surface area contributed by atoms with Crippen LogP contribution < -0.4 is 5.73 Å². The maximum atomic E-state index is 13.9. The second-order valence-electron chi connectivity index (χ2n) is 9.54. The normalized spacial score (nSPS) is 17.7. The highest BCUT2D eigenvalue weighted by molar-refractivity contribution is 5.75. The summed E-state index contributed by atoms with van der Waals surface area (Å²) in [7, 11) is 0. The molecular weight excluding hydrogens is 432 g/mol. The van der Waals surface area contributed by atoms with Gasteiger partial charge in [0.1, 0.15) is 5.76 Å². The molecular formula is C28H37F2N3O. The van der Waals surface area contributed by atoms with Crippen LogP contribution in [-0.2, 0) is 11.3 Å². The number of nitrogens with zero attached hydrogens (tertiary/aromatic N) is 2. The van der Waals surface area contributed by atoms with Gasteiger partial charge < -0.3 is 15.0 Å².